The second-order valence-electron chi connectivity index (χ2n) is 7.15. The smallest absolute Gasteiger partial charge is 0.250 e. The first kappa shape index (κ1) is 18.5. The topological polar surface area (TPSA) is 41.6 Å². The summed E-state index contributed by atoms with van der Waals surface area (Å²) in [6.45, 7) is 4.26. The number of benzene rings is 1. The van der Waals surface area contributed by atoms with Crippen molar-refractivity contribution in [2.24, 2.45) is 5.92 Å². The molecule has 1 aromatic heterocycles. The number of ether oxygens (including phenoxy) is 1. The van der Waals surface area contributed by atoms with Crippen molar-refractivity contribution in [3.63, 3.8) is 0 Å². The van der Waals surface area contributed by atoms with Crippen molar-refractivity contribution < 1.29 is 9.53 Å². The van der Waals surface area contributed by atoms with Gasteiger partial charge in [-0.25, -0.2) is 0 Å². The molecule has 0 radical (unpaired) electrons. The number of amides is 1. The summed E-state index contributed by atoms with van der Waals surface area (Å²) in [6.07, 6.45) is 4.13. The molecule has 0 spiro atoms. The third-order valence-electron chi connectivity index (χ3n) is 5.19. The van der Waals surface area contributed by atoms with Crippen LogP contribution in [0, 0.1) is 5.92 Å². The number of piperidine rings is 1. The van der Waals surface area contributed by atoms with E-state index in [2.05, 4.69) is 27.7 Å². The summed E-state index contributed by atoms with van der Waals surface area (Å²) in [4.78, 5) is 16.4. The average Bonchev–Trinajstić information content (AvgIpc) is 3.19. The molecule has 0 unspecified atom stereocenters. The highest BCUT2D eigenvalue weighted by Gasteiger charge is 2.22. The molecule has 3 heterocycles. The number of hydrogen-bond donors (Lipinski definition) is 1. The minimum absolute atomic E-state index is 0.0401. The van der Waals surface area contributed by atoms with Gasteiger partial charge in [-0.2, -0.15) is 0 Å². The van der Waals surface area contributed by atoms with Gasteiger partial charge in [0.1, 0.15) is 12.4 Å². The summed E-state index contributed by atoms with van der Waals surface area (Å²) >= 11 is 7.85. The van der Waals surface area contributed by atoms with E-state index in [4.69, 9.17) is 16.3 Å². The summed E-state index contributed by atoms with van der Waals surface area (Å²) in [5, 5.41) is 5.87. The number of fused-ring (bicyclic) bond motifs is 1. The summed E-state index contributed by atoms with van der Waals surface area (Å²) in [7, 11) is 0. The third kappa shape index (κ3) is 4.72. The van der Waals surface area contributed by atoms with E-state index in [0.717, 1.165) is 50.3 Å². The van der Waals surface area contributed by atoms with E-state index >= 15 is 0 Å². The summed E-state index contributed by atoms with van der Waals surface area (Å²) < 4.78 is 5.67. The molecule has 1 amide bonds. The lowest BCUT2D eigenvalue weighted by atomic mass is 9.96. The maximum atomic E-state index is 12.5. The van der Waals surface area contributed by atoms with Gasteiger partial charge in [0.2, 0.25) is 0 Å². The SMILES string of the molecule is O=C(NCC1CCN(Cc2cccs2)CC1)C1=Cc2cc(Cl)ccc2OC1. The lowest BCUT2D eigenvalue weighted by Crippen LogP contribution is -2.39. The zero-order chi connectivity index (χ0) is 18.6. The Labute approximate surface area is 168 Å². The van der Waals surface area contributed by atoms with E-state index in [1.165, 1.54) is 4.88 Å². The molecule has 2 aliphatic rings. The molecule has 0 atom stereocenters. The van der Waals surface area contributed by atoms with Crippen molar-refractivity contribution in [2.75, 3.05) is 26.2 Å². The van der Waals surface area contributed by atoms with Crippen molar-refractivity contribution in [3.05, 3.63) is 56.7 Å². The lowest BCUT2D eigenvalue weighted by Gasteiger charge is -2.31. The van der Waals surface area contributed by atoms with Gasteiger partial charge in [-0.15, -0.1) is 11.3 Å². The fourth-order valence-electron chi connectivity index (χ4n) is 3.60. The van der Waals surface area contributed by atoms with E-state index in [1.54, 1.807) is 6.07 Å². The van der Waals surface area contributed by atoms with Gasteiger partial charge in [0.05, 0.1) is 5.57 Å². The Bertz CT molecular complexity index is 827. The van der Waals surface area contributed by atoms with Crippen LogP contribution in [0.4, 0.5) is 0 Å². The predicted molar refractivity (Wildman–Crippen MR) is 110 cm³/mol. The Kier molecular flexibility index (Phi) is 5.81. The monoisotopic (exact) mass is 402 g/mol. The molecule has 0 saturated carbocycles. The highest BCUT2D eigenvalue weighted by molar-refractivity contribution is 7.09. The van der Waals surface area contributed by atoms with Crippen LogP contribution in [0.25, 0.3) is 6.08 Å². The maximum Gasteiger partial charge on any atom is 0.250 e. The Morgan fingerprint density at radius 2 is 2.15 bits per heavy atom. The largest absolute Gasteiger partial charge is 0.488 e. The van der Waals surface area contributed by atoms with Gasteiger partial charge in [-0.3, -0.25) is 9.69 Å². The van der Waals surface area contributed by atoms with Crippen molar-refractivity contribution in [2.45, 2.75) is 19.4 Å². The van der Waals surface area contributed by atoms with Crippen LogP contribution in [-0.4, -0.2) is 37.0 Å². The van der Waals surface area contributed by atoms with Gasteiger partial charge < -0.3 is 10.1 Å². The molecule has 1 fully saturated rings. The minimum Gasteiger partial charge on any atom is -0.488 e. The fraction of sp³-hybridized carbons (Fsp3) is 0.381. The number of halogens is 1. The van der Waals surface area contributed by atoms with Crippen LogP contribution in [-0.2, 0) is 11.3 Å². The number of carbonyl (C=O) groups is 1. The molecule has 4 nitrogen and oxygen atoms in total. The van der Waals surface area contributed by atoms with Crippen LogP contribution in [0.15, 0.2) is 41.3 Å². The Morgan fingerprint density at radius 1 is 1.30 bits per heavy atom. The molecular formula is C21H23ClN2O2S. The van der Waals surface area contributed by atoms with Crippen LogP contribution in [0.1, 0.15) is 23.3 Å². The number of carbonyl (C=O) groups excluding carboxylic acids is 1. The Hall–Kier alpha value is -1.82. The quantitative estimate of drug-likeness (QED) is 0.814. The van der Waals surface area contributed by atoms with E-state index in [1.807, 2.05) is 29.5 Å². The first-order chi connectivity index (χ1) is 13.2. The normalized spacial score (nSPS) is 17.7. The highest BCUT2D eigenvalue weighted by atomic mass is 35.5. The second kappa shape index (κ2) is 8.46. The summed E-state index contributed by atoms with van der Waals surface area (Å²) in [5.74, 6) is 1.27. The lowest BCUT2D eigenvalue weighted by molar-refractivity contribution is -0.118. The second-order valence-corrected chi connectivity index (χ2v) is 8.62. The van der Waals surface area contributed by atoms with Gasteiger partial charge in [-0.1, -0.05) is 17.7 Å². The first-order valence-electron chi connectivity index (χ1n) is 9.33. The standard InChI is InChI=1S/C21H23ClN2O2S/c22-18-3-4-20-16(11-18)10-17(14-26-20)21(25)23-12-15-5-7-24(8-6-15)13-19-2-1-9-27-19/h1-4,9-11,15H,5-8,12-14H2,(H,23,25). The number of thiophene rings is 1. The average molecular weight is 403 g/mol. The molecule has 142 valence electrons. The summed E-state index contributed by atoms with van der Waals surface area (Å²) in [5.41, 5.74) is 1.51. The molecule has 27 heavy (non-hydrogen) atoms. The van der Waals surface area contributed by atoms with Gasteiger partial charge in [0.25, 0.3) is 5.91 Å². The van der Waals surface area contributed by atoms with Crippen LogP contribution in [0.2, 0.25) is 5.02 Å². The van der Waals surface area contributed by atoms with Crippen molar-refractivity contribution in [3.8, 4) is 5.75 Å². The molecule has 1 saturated heterocycles. The van der Waals surface area contributed by atoms with Crippen molar-refractivity contribution in [1.29, 1.82) is 0 Å². The van der Waals surface area contributed by atoms with Crippen LogP contribution < -0.4 is 10.1 Å². The van der Waals surface area contributed by atoms with Gasteiger partial charge in [-0.05, 0) is 67.6 Å². The van der Waals surface area contributed by atoms with Gasteiger partial charge >= 0.3 is 0 Å². The van der Waals surface area contributed by atoms with E-state index in [-0.39, 0.29) is 5.91 Å². The molecule has 0 bridgehead atoms. The van der Waals surface area contributed by atoms with Crippen LogP contribution in [0.3, 0.4) is 0 Å². The molecule has 1 N–H and O–H groups in total. The molecule has 1 aromatic carbocycles. The predicted octanol–water partition coefficient (Wildman–Crippen LogP) is 4.21. The van der Waals surface area contributed by atoms with E-state index in [0.29, 0.717) is 23.1 Å². The Morgan fingerprint density at radius 3 is 2.93 bits per heavy atom. The Balaban J connectivity index is 1.25. The zero-order valence-corrected chi connectivity index (χ0v) is 16.7. The van der Waals surface area contributed by atoms with Crippen molar-refractivity contribution >= 4 is 34.9 Å². The number of likely N-dealkylation sites (tertiary alicyclic amines) is 1. The third-order valence-corrected chi connectivity index (χ3v) is 6.29. The molecule has 4 rings (SSSR count). The van der Waals surface area contributed by atoms with E-state index < -0.39 is 0 Å². The molecule has 6 heteroatoms. The maximum absolute atomic E-state index is 12.5. The number of nitrogens with one attached hydrogen (secondary N) is 1. The molecule has 2 aromatic rings. The molecular weight excluding hydrogens is 380 g/mol. The van der Waals surface area contributed by atoms with Crippen molar-refractivity contribution in [1.82, 2.24) is 10.2 Å². The highest BCUT2D eigenvalue weighted by Crippen LogP contribution is 2.29. The van der Waals surface area contributed by atoms with Crippen LogP contribution in [0.5, 0.6) is 5.75 Å². The number of hydrogen-bond acceptors (Lipinski definition) is 4. The number of nitrogens with zero attached hydrogens (tertiary/aromatic N) is 1. The number of rotatable bonds is 5. The zero-order valence-electron chi connectivity index (χ0n) is 15.1. The van der Waals surface area contributed by atoms with Gasteiger partial charge in [0, 0.05) is 28.6 Å². The van der Waals surface area contributed by atoms with E-state index in [9.17, 15) is 4.79 Å². The minimum atomic E-state index is -0.0401. The van der Waals surface area contributed by atoms with Gasteiger partial charge in [0.15, 0.2) is 0 Å². The summed E-state index contributed by atoms with van der Waals surface area (Å²) in [6, 6.07) is 9.77. The fourth-order valence-corrected chi connectivity index (χ4v) is 4.53. The van der Waals surface area contributed by atoms with Crippen LogP contribution >= 0.6 is 22.9 Å². The first-order valence-corrected chi connectivity index (χ1v) is 10.6. The molecule has 0 aliphatic carbocycles. The molecule has 2 aliphatic heterocycles.